The minimum absolute atomic E-state index is 0. The third kappa shape index (κ3) is 24.0. The van der Waals surface area contributed by atoms with Crippen molar-refractivity contribution in [1.29, 1.82) is 0 Å². The van der Waals surface area contributed by atoms with Crippen molar-refractivity contribution in [2.24, 2.45) is 0 Å². The molecule has 0 aliphatic rings. The molecule has 0 radical (unpaired) electrons. The molecule has 0 unspecified atom stereocenters. The zero-order valence-corrected chi connectivity index (χ0v) is 20.2. The second-order valence-corrected chi connectivity index (χ2v) is 8.85. The molecular formula is C26H57NO. The maximum absolute atomic E-state index is 2.80. The molecule has 0 spiro atoms. The van der Waals surface area contributed by atoms with Crippen molar-refractivity contribution < 1.29 is 5.48 Å². The monoisotopic (exact) mass is 399 g/mol. The first kappa shape index (κ1) is 30.1. The van der Waals surface area contributed by atoms with E-state index < -0.39 is 0 Å². The molecule has 28 heavy (non-hydrogen) atoms. The molecule has 0 rings (SSSR count). The highest BCUT2D eigenvalue weighted by molar-refractivity contribution is 4.60. The molecule has 0 saturated heterocycles. The SMILES string of the molecule is CCCCCCCCCCN(CCCCCCCC)CCCCCCCC.O. The summed E-state index contributed by atoms with van der Waals surface area (Å²) in [5, 5.41) is 0. The van der Waals surface area contributed by atoms with Gasteiger partial charge in [0, 0.05) is 0 Å². The van der Waals surface area contributed by atoms with Gasteiger partial charge in [0.2, 0.25) is 0 Å². The summed E-state index contributed by atoms with van der Waals surface area (Å²) in [5.41, 5.74) is 0. The van der Waals surface area contributed by atoms with Crippen LogP contribution in [-0.4, -0.2) is 30.0 Å². The van der Waals surface area contributed by atoms with Crippen LogP contribution in [0, 0.1) is 0 Å². The molecule has 0 aliphatic carbocycles. The zero-order valence-electron chi connectivity index (χ0n) is 20.2. The van der Waals surface area contributed by atoms with Gasteiger partial charge < -0.3 is 10.4 Å². The maximum Gasteiger partial charge on any atom is -0.00187 e. The highest BCUT2D eigenvalue weighted by Crippen LogP contribution is 2.12. The van der Waals surface area contributed by atoms with E-state index in [4.69, 9.17) is 0 Å². The molecule has 0 aromatic carbocycles. The molecule has 172 valence electrons. The summed E-state index contributed by atoms with van der Waals surface area (Å²) in [5.74, 6) is 0. The third-order valence-electron chi connectivity index (χ3n) is 5.98. The lowest BCUT2D eigenvalue weighted by atomic mass is 10.1. The van der Waals surface area contributed by atoms with E-state index in [-0.39, 0.29) is 5.48 Å². The molecular weight excluding hydrogens is 342 g/mol. The van der Waals surface area contributed by atoms with Crippen molar-refractivity contribution in [3.8, 4) is 0 Å². The summed E-state index contributed by atoms with van der Waals surface area (Å²) in [6.07, 6.45) is 28.7. The number of unbranched alkanes of at least 4 members (excludes halogenated alkanes) is 17. The summed E-state index contributed by atoms with van der Waals surface area (Å²) in [4.78, 5) is 2.80. The molecule has 0 aliphatic heterocycles. The number of nitrogens with zero attached hydrogens (tertiary/aromatic N) is 1. The largest absolute Gasteiger partial charge is 0.412 e. The normalized spacial score (nSPS) is 11.1. The first-order valence-electron chi connectivity index (χ1n) is 13.1. The van der Waals surface area contributed by atoms with Gasteiger partial charge in [-0.1, -0.05) is 130 Å². The molecule has 0 heterocycles. The van der Waals surface area contributed by atoms with Crippen LogP contribution >= 0.6 is 0 Å². The Balaban J connectivity index is 0. The van der Waals surface area contributed by atoms with Gasteiger partial charge in [-0.2, -0.15) is 0 Å². The van der Waals surface area contributed by atoms with Crippen LogP contribution < -0.4 is 0 Å². The molecule has 0 fully saturated rings. The highest BCUT2D eigenvalue weighted by Gasteiger charge is 2.05. The van der Waals surface area contributed by atoms with Crippen molar-refractivity contribution in [3.05, 3.63) is 0 Å². The molecule has 0 amide bonds. The van der Waals surface area contributed by atoms with E-state index in [1.165, 1.54) is 148 Å². The first-order chi connectivity index (χ1) is 13.3. The van der Waals surface area contributed by atoms with Crippen LogP contribution in [0.3, 0.4) is 0 Å². The number of rotatable bonds is 23. The molecule has 2 N–H and O–H groups in total. The van der Waals surface area contributed by atoms with Crippen molar-refractivity contribution in [3.63, 3.8) is 0 Å². The predicted octanol–water partition coefficient (Wildman–Crippen LogP) is 8.33. The Labute approximate surface area is 179 Å². The van der Waals surface area contributed by atoms with Gasteiger partial charge in [0.05, 0.1) is 0 Å². The predicted molar refractivity (Wildman–Crippen MR) is 129 cm³/mol. The summed E-state index contributed by atoms with van der Waals surface area (Å²) >= 11 is 0. The Bertz CT molecular complexity index is 241. The third-order valence-corrected chi connectivity index (χ3v) is 5.98. The Morgan fingerprint density at radius 3 is 0.786 bits per heavy atom. The van der Waals surface area contributed by atoms with E-state index in [0.29, 0.717) is 0 Å². The van der Waals surface area contributed by atoms with E-state index in [9.17, 15) is 0 Å². The molecule has 0 aromatic rings. The van der Waals surface area contributed by atoms with Crippen molar-refractivity contribution in [2.45, 2.75) is 149 Å². The Hall–Kier alpha value is -0.0800. The fourth-order valence-electron chi connectivity index (χ4n) is 4.04. The summed E-state index contributed by atoms with van der Waals surface area (Å²) in [6.45, 7) is 11.0. The average Bonchev–Trinajstić information content (AvgIpc) is 2.68. The lowest BCUT2D eigenvalue weighted by Gasteiger charge is -2.22. The standard InChI is InChI=1S/C26H55N.H2O/c1-4-7-10-13-16-17-20-23-26-27(24-21-18-14-11-8-5-2)25-22-19-15-12-9-6-3;/h4-26H2,1-3H3;1H2. The topological polar surface area (TPSA) is 34.7 Å². The van der Waals surface area contributed by atoms with Crippen LogP contribution in [0.4, 0.5) is 0 Å². The van der Waals surface area contributed by atoms with Gasteiger partial charge in [0.15, 0.2) is 0 Å². The van der Waals surface area contributed by atoms with Crippen LogP contribution in [-0.2, 0) is 0 Å². The lowest BCUT2D eigenvalue weighted by molar-refractivity contribution is 0.254. The fourth-order valence-corrected chi connectivity index (χ4v) is 4.04. The van der Waals surface area contributed by atoms with E-state index in [0.717, 1.165) is 0 Å². The van der Waals surface area contributed by atoms with Gasteiger partial charge in [0.25, 0.3) is 0 Å². The smallest absolute Gasteiger partial charge is 0.00187 e. The molecule has 2 heteroatoms. The summed E-state index contributed by atoms with van der Waals surface area (Å²) in [6, 6.07) is 0. The van der Waals surface area contributed by atoms with E-state index in [2.05, 4.69) is 25.7 Å². The molecule has 0 bridgehead atoms. The van der Waals surface area contributed by atoms with Crippen LogP contribution in [0.15, 0.2) is 0 Å². The minimum atomic E-state index is 0. The lowest BCUT2D eigenvalue weighted by Crippen LogP contribution is -2.27. The van der Waals surface area contributed by atoms with Gasteiger partial charge in [-0.3, -0.25) is 0 Å². The van der Waals surface area contributed by atoms with Gasteiger partial charge in [-0.05, 0) is 38.9 Å². The minimum Gasteiger partial charge on any atom is -0.412 e. The molecule has 0 atom stereocenters. The van der Waals surface area contributed by atoms with Crippen LogP contribution in [0.1, 0.15) is 149 Å². The Morgan fingerprint density at radius 2 is 0.536 bits per heavy atom. The Morgan fingerprint density at radius 1 is 0.321 bits per heavy atom. The molecule has 0 saturated carbocycles. The van der Waals surface area contributed by atoms with Crippen molar-refractivity contribution in [1.82, 2.24) is 4.90 Å². The second-order valence-electron chi connectivity index (χ2n) is 8.85. The van der Waals surface area contributed by atoms with Gasteiger partial charge in [-0.15, -0.1) is 0 Å². The van der Waals surface area contributed by atoms with E-state index in [1.807, 2.05) is 0 Å². The highest BCUT2D eigenvalue weighted by atomic mass is 16.0. The quantitative estimate of drug-likeness (QED) is 0.159. The van der Waals surface area contributed by atoms with Crippen LogP contribution in [0.5, 0.6) is 0 Å². The van der Waals surface area contributed by atoms with Gasteiger partial charge >= 0.3 is 0 Å². The van der Waals surface area contributed by atoms with E-state index in [1.54, 1.807) is 0 Å². The number of hydrogen-bond acceptors (Lipinski definition) is 1. The first-order valence-corrected chi connectivity index (χ1v) is 13.1. The molecule has 0 aromatic heterocycles. The number of hydrogen-bond donors (Lipinski definition) is 0. The van der Waals surface area contributed by atoms with Crippen molar-refractivity contribution in [2.75, 3.05) is 19.6 Å². The molecule has 2 nitrogen and oxygen atoms in total. The zero-order chi connectivity index (χ0) is 19.8. The van der Waals surface area contributed by atoms with Gasteiger partial charge in [-0.25, -0.2) is 0 Å². The van der Waals surface area contributed by atoms with Gasteiger partial charge in [0.1, 0.15) is 0 Å². The van der Waals surface area contributed by atoms with Crippen LogP contribution in [0.2, 0.25) is 0 Å². The van der Waals surface area contributed by atoms with E-state index >= 15 is 0 Å². The summed E-state index contributed by atoms with van der Waals surface area (Å²) < 4.78 is 0. The maximum atomic E-state index is 2.80. The average molecular weight is 400 g/mol. The fraction of sp³-hybridized carbons (Fsp3) is 1.00. The summed E-state index contributed by atoms with van der Waals surface area (Å²) in [7, 11) is 0. The second kappa shape index (κ2) is 26.9. The van der Waals surface area contributed by atoms with Crippen LogP contribution in [0.25, 0.3) is 0 Å². The van der Waals surface area contributed by atoms with Crippen molar-refractivity contribution >= 4 is 0 Å². The Kier molecular flexibility index (Phi) is 29.0.